The first-order chi connectivity index (χ1) is 15.9. The molecule has 2 N–H and O–H groups in total. The van der Waals surface area contributed by atoms with Crippen LogP contribution in [0.4, 0.5) is 21.5 Å². The fourth-order valence-electron chi connectivity index (χ4n) is 3.31. The van der Waals surface area contributed by atoms with Gasteiger partial charge in [-0.2, -0.15) is 0 Å². The predicted octanol–water partition coefficient (Wildman–Crippen LogP) is 5.08. The SMILES string of the molecule is CCc1ccc(NC(=O)c2ccc(NC3=C(Cl)C(=O)N(c4ccc(F)cc4)C3=O)cc2)cc1. The number of halogens is 2. The first-order valence-corrected chi connectivity index (χ1v) is 10.6. The van der Waals surface area contributed by atoms with Crippen molar-refractivity contribution in [1.29, 1.82) is 0 Å². The smallest absolute Gasteiger partial charge is 0.283 e. The molecule has 0 saturated heterocycles. The standard InChI is InChI=1S/C25H19ClFN3O3/c1-2-15-3-9-19(10-4-15)29-23(31)16-5-11-18(12-6-16)28-22-21(26)24(32)30(25(22)33)20-13-7-17(27)8-14-20/h3-14,28H,2H2,1H3,(H,29,31). The number of imide groups is 1. The molecule has 0 bridgehead atoms. The van der Waals surface area contributed by atoms with Gasteiger partial charge in [0.1, 0.15) is 16.5 Å². The van der Waals surface area contributed by atoms with Crippen molar-refractivity contribution < 1.29 is 18.8 Å². The van der Waals surface area contributed by atoms with Gasteiger partial charge >= 0.3 is 0 Å². The van der Waals surface area contributed by atoms with E-state index >= 15 is 0 Å². The maximum Gasteiger partial charge on any atom is 0.283 e. The molecule has 0 aliphatic carbocycles. The highest BCUT2D eigenvalue weighted by Crippen LogP contribution is 2.30. The number of rotatable bonds is 6. The van der Waals surface area contributed by atoms with Gasteiger partial charge in [0.2, 0.25) is 0 Å². The van der Waals surface area contributed by atoms with E-state index in [4.69, 9.17) is 11.6 Å². The predicted molar refractivity (Wildman–Crippen MR) is 126 cm³/mol. The van der Waals surface area contributed by atoms with Gasteiger partial charge in [-0.05, 0) is 72.6 Å². The largest absolute Gasteiger partial charge is 0.350 e. The maximum atomic E-state index is 13.2. The summed E-state index contributed by atoms with van der Waals surface area (Å²) in [5.41, 5.74) is 2.86. The van der Waals surface area contributed by atoms with Crippen molar-refractivity contribution in [2.24, 2.45) is 0 Å². The lowest BCUT2D eigenvalue weighted by atomic mass is 10.1. The van der Waals surface area contributed by atoms with E-state index in [9.17, 15) is 18.8 Å². The van der Waals surface area contributed by atoms with Crippen LogP contribution in [-0.4, -0.2) is 17.7 Å². The minimum Gasteiger partial charge on any atom is -0.350 e. The molecule has 166 valence electrons. The van der Waals surface area contributed by atoms with Crippen LogP contribution in [0, 0.1) is 5.82 Å². The number of aryl methyl sites for hydroxylation is 1. The summed E-state index contributed by atoms with van der Waals surface area (Å²) in [5, 5.41) is 5.39. The summed E-state index contributed by atoms with van der Waals surface area (Å²) in [4.78, 5) is 38.6. The highest BCUT2D eigenvalue weighted by molar-refractivity contribution is 6.53. The van der Waals surface area contributed by atoms with Crippen LogP contribution < -0.4 is 15.5 Å². The molecule has 8 heteroatoms. The molecule has 4 rings (SSSR count). The minimum atomic E-state index is -0.708. The number of carbonyl (C=O) groups excluding carboxylic acids is 3. The number of anilines is 3. The van der Waals surface area contributed by atoms with E-state index in [2.05, 4.69) is 17.6 Å². The summed E-state index contributed by atoms with van der Waals surface area (Å²) >= 11 is 6.11. The molecule has 1 aliphatic rings. The zero-order valence-corrected chi connectivity index (χ0v) is 18.3. The molecule has 3 amide bonds. The third kappa shape index (κ3) is 4.63. The van der Waals surface area contributed by atoms with Crippen molar-refractivity contribution in [1.82, 2.24) is 0 Å². The second kappa shape index (κ2) is 9.26. The Balaban J connectivity index is 1.45. The highest BCUT2D eigenvalue weighted by atomic mass is 35.5. The average molecular weight is 464 g/mol. The van der Waals surface area contributed by atoms with Gasteiger partial charge < -0.3 is 10.6 Å². The summed E-state index contributed by atoms with van der Waals surface area (Å²) < 4.78 is 13.2. The molecule has 0 aromatic heterocycles. The normalized spacial score (nSPS) is 13.5. The summed E-state index contributed by atoms with van der Waals surface area (Å²) in [7, 11) is 0. The Hall–Kier alpha value is -3.97. The molecule has 0 atom stereocenters. The first kappa shape index (κ1) is 22.2. The summed E-state index contributed by atoms with van der Waals surface area (Å²) in [6.07, 6.45) is 0.916. The second-order valence-electron chi connectivity index (χ2n) is 7.32. The van der Waals surface area contributed by atoms with Gasteiger partial charge in [-0.15, -0.1) is 0 Å². The molecular formula is C25H19ClFN3O3. The van der Waals surface area contributed by atoms with Crippen molar-refractivity contribution in [2.75, 3.05) is 15.5 Å². The van der Waals surface area contributed by atoms with E-state index in [1.165, 1.54) is 17.7 Å². The lowest BCUT2D eigenvalue weighted by Gasteiger charge is -2.15. The molecule has 3 aromatic rings. The average Bonchev–Trinajstić information content (AvgIpc) is 3.04. The van der Waals surface area contributed by atoms with Crippen LogP contribution in [0.3, 0.4) is 0 Å². The van der Waals surface area contributed by atoms with Gasteiger partial charge in [0.15, 0.2) is 0 Å². The number of hydrogen-bond donors (Lipinski definition) is 2. The molecule has 1 aliphatic heterocycles. The number of carbonyl (C=O) groups is 3. The van der Waals surface area contributed by atoms with Crippen LogP contribution in [0.1, 0.15) is 22.8 Å². The Labute approximate surface area is 194 Å². The van der Waals surface area contributed by atoms with Gasteiger partial charge in [0, 0.05) is 16.9 Å². The molecule has 0 saturated carbocycles. The monoisotopic (exact) mass is 463 g/mol. The van der Waals surface area contributed by atoms with Crippen molar-refractivity contribution in [2.45, 2.75) is 13.3 Å². The molecule has 1 heterocycles. The molecule has 6 nitrogen and oxygen atoms in total. The first-order valence-electron chi connectivity index (χ1n) is 10.2. The fraction of sp³-hybridized carbons (Fsp3) is 0.0800. The van der Waals surface area contributed by atoms with Gasteiger partial charge in [-0.3, -0.25) is 14.4 Å². The topological polar surface area (TPSA) is 78.5 Å². The molecule has 0 radical (unpaired) electrons. The van der Waals surface area contributed by atoms with Crippen molar-refractivity contribution >= 4 is 46.4 Å². The van der Waals surface area contributed by atoms with E-state index in [0.717, 1.165) is 23.5 Å². The second-order valence-corrected chi connectivity index (χ2v) is 7.70. The van der Waals surface area contributed by atoms with Crippen molar-refractivity contribution in [3.63, 3.8) is 0 Å². The fourth-order valence-corrected chi connectivity index (χ4v) is 3.52. The zero-order valence-electron chi connectivity index (χ0n) is 17.6. The lowest BCUT2D eigenvalue weighted by molar-refractivity contribution is -0.120. The van der Waals surface area contributed by atoms with Crippen LogP contribution >= 0.6 is 11.6 Å². The molecule has 0 unspecified atom stereocenters. The third-order valence-corrected chi connectivity index (χ3v) is 5.50. The Kier molecular flexibility index (Phi) is 6.24. The Morgan fingerprint density at radius 1 is 0.879 bits per heavy atom. The van der Waals surface area contributed by atoms with Gasteiger partial charge in [-0.25, -0.2) is 9.29 Å². The molecular weight excluding hydrogens is 445 g/mol. The number of hydrogen-bond acceptors (Lipinski definition) is 4. The van der Waals surface area contributed by atoms with Crippen LogP contribution in [0.15, 0.2) is 83.5 Å². The van der Waals surface area contributed by atoms with E-state index in [1.807, 2.05) is 24.3 Å². The van der Waals surface area contributed by atoms with Crippen molar-refractivity contribution in [3.05, 3.63) is 100 Å². The van der Waals surface area contributed by atoms with E-state index in [1.54, 1.807) is 24.3 Å². The van der Waals surface area contributed by atoms with Gasteiger partial charge in [0.05, 0.1) is 5.69 Å². The zero-order chi connectivity index (χ0) is 23.5. The summed E-state index contributed by atoms with van der Waals surface area (Å²) in [6.45, 7) is 2.06. The van der Waals surface area contributed by atoms with Gasteiger partial charge in [0.25, 0.3) is 17.7 Å². The van der Waals surface area contributed by atoms with Crippen molar-refractivity contribution in [3.8, 4) is 0 Å². The number of benzene rings is 3. The number of nitrogens with one attached hydrogen (secondary N) is 2. The van der Waals surface area contributed by atoms with Crippen LogP contribution in [0.25, 0.3) is 0 Å². The summed E-state index contributed by atoms with van der Waals surface area (Å²) in [5.74, 6) is -2.13. The maximum absolute atomic E-state index is 13.2. The number of nitrogens with zero attached hydrogens (tertiary/aromatic N) is 1. The van der Waals surface area contributed by atoms with E-state index in [0.29, 0.717) is 16.9 Å². The molecule has 0 fully saturated rings. The Morgan fingerprint density at radius 3 is 2.09 bits per heavy atom. The quantitative estimate of drug-likeness (QED) is 0.500. The van der Waals surface area contributed by atoms with Crippen LogP contribution in [0.2, 0.25) is 0 Å². The molecule has 3 aromatic carbocycles. The highest BCUT2D eigenvalue weighted by Gasteiger charge is 2.38. The van der Waals surface area contributed by atoms with Gasteiger partial charge in [-0.1, -0.05) is 30.7 Å². The van der Waals surface area contributed by atoms with Crippen LogP contribution in [0.5, 0.6) is 0 Å². The van der Waals surface area contributed by atoms with E-state index in [-0.39, 0.29) is 22.3 Å². The van der Waals surface area contributed by atoms with Crippen LogP contribution in [-0.2, 0) is 16.0 Å². The summed E-state index contributed by atoms with van der Waals surface area (Å²) in [6, 6.07) is 18.9. The molecule has 0 spiro atoms. The number of amides is 3. The molecule has 33 heavy (non-hydrogen) atoms. The minimum absolute atomic E-state index is 0.0980. The third-order valence-electron chi connectivity index (χ3n) is 5.15. The van der Waals surface area contributed by atoms with E-state index < -0.39 is 17.6 Å². The lowest BCUT2D eigenvalue weighted by Crippen LogP contribution is -2.32. The Bertz CT molecular complexity index is 1250. The Morgan fingerprint density at radius 2 is 1.48 bits per heavy atom.